The summed E-state index contributed by atoms with van der Waals surface area (Å²) in [5, 5.41) is 16.5. The molecule has 1 aromatic carbocycles. The number of rotatable bonds is 7. The van der Waals surface area contributed by atoms with Crippen molar-refractivity contribution in [2.24, 2.45) is 0 Å². The molecular weight excluding hydrogens is 446 g/mol. The highest BCUT2D eigenvalue weighted by Crippen LogP contribution is 2.34. The summed E-state index contributed by atoms with van der Waals surface area (Å²) in [6.45, 7) is 1.38. The van der Waals surface area contributed by atoms with Gasteiger partial charge in [-0.2, -0.15) is 19.5 Å². The maximum absolute atomic E-state index is 13.0. The monoisotopic (exact) mass is 469 g/mol. The Bertz CT molecular complexity index is 1340. The van der Waals surface area contributed by atoms with Gasteiger partial charge in [0.25, 0.3) is 0 Å². The zero-order valence-electron chi connectivity index (χ0n) is 18.0. The fourth-order valence-electron chi connectivity index (χ4n) is 3.69. The van der Waals surface area contributed by atoms with Gasteiger partial charge in [0.05, 0.1) is 41.9 Å². The minimum atomic E-state index is -3.66. The summed E-state index contributed by atoms with van der Waals surface area (Å²) in [5.41, 5.74) is 1.51. The maximum Gasteiger partial charge on any atom is 0.243 e. The molecule has 0 amide bonds. The predicted molar refractivity (Wildman–Crippen MR) is 121 cm³/mol. The van der Waals surface area contributed by atoms with E-state index in [1.54, 1.807) is 12.3 Å². The molecule has 12 heteroatoms. The van der Waals surface area contributed by atoms with Gasteiger partial charge in [-0.25, -0.2) is 8.42 Å². The molecule has 1 aliphatic carbocycles. The van der Waals surface area contributed by atoms with Crippen LogP contribution in [-0.2, 0) is 14.8 Å². The average molecular weight is 470 g/mol. The van der Waals surface area contributed by atoms with Crippen molar-refractivity contribution in [3.63, 3.8) is 0 Å². The van der Waals surface area contributed by atoms with Crippen molar-refractivity contribution in [3.05, 3.63) is 30.0 Å². The number of anilines is 3. The summed E-state index contributed by atoms with van der Waals surface area (Å²) < 4.78 is 38.1. The minimum absolute atomic E-state index is 0.141. The molecule has 2 aromatic heterocycles. The molecule has 0 radical (unpaired) electrons. The molecule has 3 heterocycles. The number of ether oxygens (including phenoxy) is 2. The Balaban J connectivity index is 1.47. The van der Waals surface area contributed by atoms with Crippen LogP contribution in [0.1, 0.15) is 18.4 Å². The van der Waals surface area contributed by atoms with Crippen molar-refractivity contribution < 1.29 is 17.9 Å². The van der Waals surface area contributed by atoms with Gasteiger partial charge in [-0.15, -0.1) is 0 Å². The molecule has 5 rings (SSSR count). The first-order chi connectivity index (χ1) is 16.0. The Kier molecular flexibility index (Phi) is 5.53. The number of methoxy groups -OCH3 is 1. The predicted octanol–water partition coefficient (Wildman–Crippen LogP) is 2.18. The van der Waals surface area contributed by atoms with E-state index in [4.69, 9.17) is 9.47 Å². The smallest absolute Gasteiger partial charge is 0.243 e. The van der Waals surface area contributed by atoms with Crippen LogP contribution in [0, 0.1) is 11.3 Å². The first kappa shape index (κ1) is 21.4. The summed E-state index contributed by atoms with van der Waals surface area (Å²) in [6.07, 6.45) is 3.70. The molecule has 1 aliphatic heterocycles. The molecule has 3 aromatic rings. The van der Waals surface area contributed by atoms with Gasteiger partial charge in [0.1, 0.15) is 23.3 Å². The number of nitrogens with one attached hydrogen (secondary N) is 3. The van der Waals surface area contributed by atoms with Gasteiger partial charge in [-0.05, 0) is 25.0 Å². The molecule has 1 saturated carbocycles. The number of aromatic nitrogens is 3. The molecule has 0 unspecified atom stereocenters. The van der Waals surface area contributed by atoms with Gasteiger partial charge in [-0.3, -0.25) is 0 Å². The fourth-order valence-corrected chi connectivity index (χ4v) is 5.12. The van der Waals surface area contributed by atoms with E-state index in [-0.39, 0.29) is 4.90 Å². The van der Waals surface area contributed by atoms with Crippen molar-refractivity contribution in [2.45, 2.75) is 23.8 Å². The Morgan fingerprint density at radius 2 is 2.06 bits per heavy atom. The summed E-state index contributed by atoms with van der Waals surface area (Å²) in [7, 11) is -2.19. The van der Waals surface area contributed by atoms with Crippen molar-refractivity contribution in [1.82, 2.24) is 19.3 Å². The first-order valence-electron chi connectivity index (χ1n) is 10.6. The molecule has 2 aliphatic rings. The van der Waals surface area contributed by atoms with Crippen molar-refractivity contribution >= 4 is 38.5 Å². The second kappa shape index (κ2) is 8.51. The molecular formula is C21H23N7O4S. The van der Waals surface area contributed by atoms with E-state index in [2.05, 4.69) is 31.7 Å². The van der Waals surface area contributed by atoms with Crippen LogP contribution in [0.4, 0.5) is 17.5 Å². The highest BCUT2D eigenvalue weighted by atomic mass is 32.2. The topological polar surface area (TPSA) is 145 Å². The van der Waals surface area contributed by atoms with Gasteiger partial charge in [0.15, 0.2) is 0 Å². The molecule has 1 saturated heterocycles. The summed E-state index contributed by atoms with van der Waals surface area (Å²) in [5.74, 6) is 1.21. The Morgan fingerprint density at radius 3 is 2.76 bits per heavy atom. The van der Waals surface area contributed by atoms with Gasteiger partial charge in [0, 0.05) is 31.4 Å². The molecule has 11 nitrogen and oxygen atoms in total. The number of morpholine rings is 1. The molecule has 33 heavy (non-hydrogen) atoms. The standard InChI is InChI=1S/C21H23N7O4S/c1-31-17-10-15(33(29,30)28-6-8-32-9-7-28)4-5-16(17)25-21-26-19-18(13(11-22)12-23-19)20(27-21)24-14-2-3-14/h4-5,10,12,14H,2-3,6-9H2,1H3,(H3,23,24,25,26,27). The van der Waals surface area contributed by atoms with Gasteiger partial charge in [-0.1, -0.05) is 0 Å². The van der Waals surface area contributed by atoms with E-state index < -0.39 is 10.0 Å². The number of hydrogen-bond donors (Lipinski definition) is 3. The summed E-state index contributed by atoms with van der Waals surface area (Å²) in [6, 6.07) is 7.13. The normalized spacial score (nSPS) is 17.0. The van der Waals surface area contributed by atoms with Crippen molar-refractivity contribution in [3.8, 4) is 11.8 Å². The van der Waals surface area contributed by atoms with E-state index >= 15 is 0 Å². The molecule has 0 bridgehead atoms. The van der Waals surface area contributed by atoms with E-state index in [1.807, 2.05) is 0 Å². The van der Waals surface area contributed by atoms with Gasteiger partial charge < -0.3 is 25.1 Å². The number of nitriles is 1. The Labute approximate surface area is 190 Å². The highest BCUT2D eigenvalue weighted by Gasteiger charge is 2.28. The Hall–Kier alpha value is -3.40. The summed E-state index contributed by atoms with van der Waals surface area (Å²) in [4.78, 5) is 12.2. The zero-order chi connectivity index (χ0) is 23.0. The van der Waals surface area contributed by atoms with Crippen LogP contribution >= 0.6 is 0 Å². The lowest BCUT2D eigenvalue weighted by Gasteiger charge is -2.26. The number of benzene rings is 1. The number of fused-ring (bicyclic) bond motifs is 1. The number of aromatic amines is 1. The third kappa shape index (κ3) is 4.18. The largest absolute Gasteiger partial charge is 0.495 e. The van der Waals surface area contributed by atoms with Crippen LogP contribution in [0.25, 0.3) is 11.0 Å². The highest BCUT2D eigenvalue weighted by molar-refractivity contribution is 7.89. The lowest BCUT2D eigenvalue weighted by Crippen LogP contribution is -2.40. The molecule has 172 valence electrons. The molecule has 0 spiro atoms. The average Bonchev–Trinajstić information content (AvgIpc) is 3.55. The van der Waals surface area contributed by atoms with Gasteiger partial charge >= 0.3 is 0 Å². The van der Waals surface area contributed by atoms with Crippen LogP contribution in [0.15, 0.2) is 29.3 Å². The SMILES string of the molecule is COc1cc(S(=O)(=O)N2CCOCC2)ccc1Nc1nc(NC2CC2)c2c(C#N)c[nH]c2n1. The maximum atomic E-state index is 13.0. The fraction of sp³-hybridized carbons (Fsp3) is 0.381. The third-order valence-corrected chi connectivity index (χ3v) is 7.49. The van der Waals surface area contributed by atoms with Crippen LogP contribution in [0.5, 0.6) is 5.75 Å². The third-order valence-electron chi connectivity index (χ3n) is 5.60. The second-order valence-electron chi connectivity index (χ2n) is 7.86. The summed E-state index contributed by atoms with van der Waals surface area (Å²) >= 11 is 0. The minimum Gasteiger partial charge on any atom is -0.495 e. The van der Waals surface area contributed by atoms with Crippen molar-refractivity contribution in [2.75, 3.05) is 44.0 Å². The second-order valence-corrected chi connectivity index (χ2v) is 9.79. The van der Waals surface area contributed by atoms with E-state index in [1.165, 1.54) is 23.5 Å². The van der Waals surface area contributed by atoms with Gasteiger partial charge in [0.2, 0.25) is 16.0 Å². The van der Waals surface area contributed by atoms with Crippen molar-refractivity contribution in [1.29, 1.82) is 5.26 Å². The zero-order valence-corrected chi connectivity index (χ0v) is 18.8. The van der Waals surface area contributed by atoms with Crippen LogP contribution < -0.4 is 15.4 Å². The Morgan fingerprint density at radius 1 is 1.27 bits per heavy atom. The lowest BCUT2D eigenvalue weighted by atomic mass is 10.2. The molecule has 2 fully saturated rings. The number of H-pyrrole nitrogens is 1. The lowest BCUT2D eigenvalue weighted by molar-refractivity contribution is 0.0730. The first-order valence-corrected chi connectivity index (χ1v) is 12.0. The van der Waals surface area contributed by atoms with Crippen LogP contribution in [-0.4, -0.2) is 67.1 Å². The van der Waals surface area contributed by atoms with E-state index in [9.17, 15) is 13.7 Å². The van der Waals surface area contributed by atoms with E-state index in [0.717, 1.165) is 12.8 Å². The van der Waals surface area contributed by atoms with Crippen LogP contribution in [0.3, 0.4) is 0 Å². The van der Waals surface area contributed by atoms with Crippen LogP contribution in [0.2, 0.25) is 0 Å². The molecule has 0 atom stereocenters. The number of sulfonamides is 1. The van der Waals surface area contributed by atoms with E-state index in [0.29, 0.717) is 72.1 Å². The quantitative estimate of drug-likeness (QED) is 0.474. The molecule has 3 N–H and O–H groups in total. The number of hydrogen-bond acceptors (Lipinski definition) is 9. The number of nitrogens with zero attached hydrogens (tertiary/aromatic N) is 4.